The first-order valence-electron chi connectivity index (χ1n) is 5.38. The van der Waals surface area contributed by atoms with Crippen molar-refractivity contribution in [1.82, 2.24) is 4.98 Å². The minimum absolute atomic E-state index is 0.0991. The summed E-state index contributed by atoms with van der Waals surface area (Å²) in [7, 11) is 0. The number of alkyl halides is 3. The van der Waals surface area contributed by atoms with Gasteiger partial charge in [0.15, 0.2) is 0 Å². The molecule has 1 N–H and O–H groups in total. The molecule has 0 amide bonds. The van der Waals surface area contributed by atoms with Crippen molar-refractivity contribution >= 4 is 17.4 Å². The van der Waals surface area contributed by atoms with Crippen LogP contribution in [-0.2, 0) is 6.18 Å². The molecule has 0 atom stereocenters. The molecule has 6 heteroatoms. The molecule has 0 spiro atoms. The lowest BCUT2D eigenvalue weighted by Crippen LogP contribution is -2.18. The van der Waals surface area contributed by atoms with Gasteiger partial charge in [-0.1, -0.05) is 25.4 Å². The van der Waals surface area contributed by atoms with E-state index in [0.717, 1.165) is 25.0 Å². The van der Waals surface area contributed by atoms with Crippen LogP contribution in [0.4, 0.5) is 19.0 Å². The van der Waals surface area contributed by atoms with Gasteiger partial charge in [0.1, 0.15) is 11.0 Å². The molecule has 0 saturated heterocycles. The molecule has 0 saturated carbocycles. The van der Waals surface area contributed by atoms with Crippen LogP contribution in [0.1, 0.15) is 32.3 Å². The van der Waals surface area contributed by atoms with E-state index in [1.54, 1.807) is 0 Å². The number of anilines is 1. The molecule has 0 radical (unpaired) electrons. The maximum atomic E-state index is 12.5. The zero-order valence-corrected chi connectivity index (χ0v) is 10.4. The van der Waals surface area contributed by atoms with Crippen LogP contribution in [0.2, 0.25) is 5.15 Å². The highest BCUT2D eigenvalue weighted by molar-refractivity contribution is 6.29. The molecular formula is C11H14ClF3N2. The summed E-state index contributed by atoms with van der Waals surface area (Å²) in [5.74, 6) is 0.165. The number of hydrogen-bond acceptors (Lipinski definition) is 2. The maximum absolute atomic E-state index is 12.5. The predicted molar refractivity (Wildman–Crippen MR) is 62.2 cm³/mol. The molecule has 1 rings (SSSR count). The zero-order valence-electron chi connectivity index (χ0n) is 9.61. The van der Waals surface area contributed by atoms with Crippen LogP contribution in [0.15, 0.2) is 12.1 Å². The SMILES string of the molecule is CCC(CC)Nc1cc(C(F)(F)F)cc(Cl)n1. The van der Waals surface area contributed by atoms with Crippen LogP contribution in [0.5, 0.6) is 0 Å². The van der Waals surface area contributed by atoms with E-state index in [1.807, 2.05) is 13.8 Å². The van der Waals surface area contributed by atoms with E-state index in [4.69, 9.17) is 11.6 Å². The van der Waals surface area contributed by atoms with Crippen LogP contribution in [0.3, 0.4) is 0 Å². The van der Waals surface area contributed by atoms with Crippen LogP contribution in [-0.4, -0.2) is 11.0 Å². The van der Waals surface area contributed by atoms with Crippen molar-refractivity contribution in [1.29, 1.82) is 0 Å². The molecule has 0 aliphatic heterocycles. The molecule has 0 aliphatic carbocycles. The molecule has 2 nitrogen and oxygen atoms in total. The van der Waals surface area contributed by atoms with Gasteiger partial charge in [-0.15, -0.1) is 0 Å². The fourth-order valence-electron chi connectivity index (χ4n) is 1.44. The lowest BCUT2D eigenvalue weighted by molar-refractivity contribution is -0.137. The summed E-state index contributed by atoms with van der Waals surface area (Å²) < 4.78 is 37.6. The third-order valence-electron chi connectivity index (χ3n) is 2.46. The van der Waals surface area contributed by atoms with Gasteiger partial charge in [-0.2, -0.15) is 13.2 Å². The number of nitrogens with zero attached hydrogens (tertiary/aromatic N) is 1. The normalized spacial score (nSPS) is 11.9. The monoisotopic (exact) mass is 266 g/mol. The van der Waals surface area contributed by atoms with Gasteiger partial charge in [-0.25, -0.2) is 4.98 Å². The molecule has 1 heterocycles. The number of nitrogens with one attached hydrogen (secondary N) is 1. The highest BCUT2D eigenvalue weighted by atomic mass is 35.5. The van der Waals surface area contributed by atoms with Gasteiger partial charge in [0, 0.05) is 6.04 Å². The number of aromatic nitrogens is 1. The Kier molecular flexibility index (Phi) is 4.62. The van der Waals surface area contributed by atoms with Gasteiger partial charge >= 0.3 is 6.18 Å². The van der Waals surface area contributed by atoms with E-state index in [2.05, 4.69) is 10.3 Å². The summed E-state index contributed by atoms with van der Waals surface area (Å²) in [5, 5.41) is 2.78. The minimum atomic E-state index is -4.41. The molecule has 1 aromatic rings. The van der Waals surface area contributed by atoms with Crippen molar-refractivity contribution in [3.8, 4) is 0 Å². The average molecular weight is 267 g/mol. The smallest absolute Gasteiger partial charge is 0.367 e. The molecule has 0 bridgehead atoms. The van der Waals surface area contributed by atoms with Crippen LogP contribution >= 0.6 is 11.6 Å². The van der Waals surface area contributed by atoms with Gasteiger partial charge in [-0.05, 0) is 25.0 Å². The lowest BCUT2D eigenvalue weighted by atomic mass is 10.1. The standard InChI is InChI=1S/C11H14ClF3N2/c1-3-8(4-2)16-10-6-7(11(13,14)15)5-9(12)17-10/h5-6,8H,3-4H2,1-2H3,(H,16,17). The number of pyridine rings is 1. The van der Waals surface area contributed by atoms with Crippen LogP contribution in [0.25, 0.3) is 0 Å². The van der Waals surface area contributed by atoms with E-state index < -0.39 is 11.7 Å². The topological polar surface area (TPSA) is 24.9 Å². The summed E-state index contributed by atoms with van der Waals surface area (Å²) in [6.07, 6.45) is -2.78. The van der Waals surface area contributed by atoms with E-state index in [9.17, 15) is 13.2 Å². The van der Waals surface area contributed by atoms with Gasteiger partial charge in [0.25, 0.3) is 0 Å². The average Bonchev–Trinajstić information content (AvgIpc) is 2.24. The molecule has 0 fully saturated rings. The highest BCUT2D eigenvalue weighted by Crippen LogP contribution is 2.32. The Bertz CT molecular complexity index is 375. The quantitative estimate of drug-likeness (QED) is 0.820. The molecular weight excluding hydrogens is 253 g/mol. The Morgan fingerprint density at radius 3 is 2.35 bits per heavy atom. The van der Waals surface area contributed by atoms with Crippen molar-refractivity contribution in [3.05, 3.63) is 22.8 Å². The molecule has 0 aliphatic rings. The molecule has 96 valence electrons. The van der Waals surface area contributed by atoms with Gasteiger partial charge in [0.05, 0.1) is 5.56 Å². The number of hydrogen-bond donors (Lipinski definition) is 1. The predicted octanol–water partition coefficient (Wildman–Crippen LogP) is 4.35. The van der Waals surface area contributed by atoms with Crippen molar-refractivity contribution in [3.63, 3.8) is 0 Å². The second-order valence-electron chi connectivity index (χ2n) is 3.72. The molecule has 0 aromatic carbocycles. The summed E-state index contributed by atoms with van der Waals surface area (Å²) in [6, 6.07) is 1.89. The van der Waals surface area contributed by atoms with Crippen molar-refractivity contribution < 1.29 is 13.2 Å². The molecule has 0 unspecified atom stereocenters. The van der Waals surface area contributed by atoms with Gasteiger partial charge < -0.3 is 5.32 Å². The summed E-state index contributed by atoms with van der Waals surface area (Å²) >= 11 is 5.57. The zero-order chi connectivity index (χ0) is 13.1. The highest BCUT2D eigenvalue weighted by Gasteiger charge is 2.31. The van der Waals surface area contributed by atoms with Crippen molar-refractivity contribution in [2.24, 2.45) is 0 Å². The largest absolute Gasteiger partial charge is 0.416 e. The third-order valence-corrected chi connectivity index (χ3v) is 2.65. The fraction of sp³-hybridized carbons (Fsp3) is 0.545. The first kappa shape index (κ1) is 14.1. The number of halogens is 4. The Morgan fingerprint density at radius 1 is 1.29 bits per heavy atom. The van der Waals surface area contributed by atoms with E-state index in [1.165, 1.54) is 0 Å². The van der Waals surface area contributed by atoms with E-state index >= 15 is 0 Å². The fourth-order valence-corrected chi connectivity index (χ4v) is 1.65. The Morgan fingerprint density at radius 2 is 1.88 bits per heavy atom. The molecule has 17 heavy (non-hydrogen) atoms. The third kappa shape index (κ3) is 4.07. The summed E-state index contributed by atoms with van der Waals surface area (Å²) in [6.45, 7) is 3.91. The first-order chi connectivity index (χ1) is 7.86. The van der Waals surface area contributed by atoms with Crippen molar-refractivity contribution in [2.75, 3.05) is 5.32 Å². The number of rotatable bonds is 4. The summed E-state index contributed by atoms with van der Waals surface area (Å²) in [5.41, 5.74) is -0.786. The Balaban J connectivity index is 2.97. The lowest BCUT2D eigenvalue weighted by Gasteiger charge is -2.16. The first-order valence-corrected chi connectivity index (χ1v) is 5.76. The van der Waals surface area contributed by atoms with Crippen LogP contribution in [0, 0.1) is 0 Å². The summed E-state index contributed by atoms with van der Waals surface area (Å²) in [4.78, 5) is 3.84. The second kappa shape index (κ2) is 5.58. The van der Waals surface area contributed by atoms with E-state index in [-0.39, 0.29) is 17.0 Å². The molecule has 1 aromatic heterocycles. The van der Waals surface area contributed by atoms with Gasteiger partial charge in [0.2, 0.25) is 0 Å². The minimum Gasteiger partial charge on any atom is -0.367 e. The maximum Gasteiger partial charge on any atom is 0.416 e. The van der Waals surface area contributed by atoms with Gasteiger partial charge in [-0.3, -0.25) is 0 Å². The Labute approximate surface area is 103 Å². The Hall–Kier alpha value is -0.970. The van der Waals surface area contributed by atoms with Crippen LogP contribution < -0.4 is 5.32 Å². The van der Waals surface area contributed by atoms with E-state index in [0.29, 0.717) is 0 Å². The second-order valence-corrected chi connectivity index (χ2v) is 4.11. The van der Waals surface area contributed by atoms with Crippen molar-refractivity contribution in [2.45, 2.75) is 38.9 Å².